The highest BCUT2D eigenvalue weighted by atomic mass is 32.1. The lowest BCUT2D eigenvalue weighted by atomic mass is 10.4. The maximum absolute atomic E-state index is 8.99. The zero-order valence-corrected chi connectivity index (χ0v) is 8.56. The molecule has 72 valence electrons. The van der Waals surface area contributed by atoms with Crippen LogP contribution >= 0.6 is 12.2 Å². The van der Waals surface area contributed by atoms with E-state index in [0.717, 1.165) is 0 Å². The van der Waals surface area contributed by atoms with Crippen LogP contribution in [-0.4, -0.2) is 35.6 Å². The Morgan fingerprint density at radius 2 is 2.08 bits per heavy atom. The normalized spacial score (nSPS) is 15.3. The van der Waals surface area contributed by atoms with E-state index in [9.17, 15) is 0 Å². The van der Waals surface area contributed by atoms with Crippen molar-refractivity contribution in [1.29, 1.82) is 0 Å². The van der Waals surface area contributed by atoms with Crippen LogP contribution in [0.15, 0.2) is 0 Å². The van der Waals surface area contributed by atoms with Gasteiger partial charge in [-0.2, -0.15) is 0 Å². The van der Waals surface area contributed by atoms with E-state index < -0.39 is 6.10 Å². The summed E-state index contributed by atoms with van der Waals surface area (Å²) >= 11 is 4.78. The molecular formula is C8H16O3S. The van der Waals surface area contributed by atoms with Gasteiger partial charge in [-0.15, -0.1) is 0 Å². The average Bonchev–Trinajstić information content (AvgIpc) is 2.00. The second kappa shape index (κ2) is 6.34. The molecule has 0 aromatic carbocycles. The third kappa shape index (κ3) is 5.46. The van der Waals surface area contributed by atoms with E-state index in [1.54, 1.807) is 6.92 Å². The van der Waals surface area contributed by atoms with E-state index in [4.69, 9.17) is 26.8 Å². The Labute approximate surface area is 78.7 Å². The van der Waals surface area contributed by atoms with Gasteiger partial charge in [-0.05, 0) is 33.0 Å². The third-order valence-corrected chi connectivity index (χ3v) is 1.65. The first-order valence-electron chi connectivity index (χ1n) is 4.04. The fourth-order valence-corrected chi connectivity index (χ4v) is 0.779. The summed E-state index contributed by atoms with van der Waals surface area (Å²) in [6.07, 6.45) is -0.781. The Hall–Kier alpha value is -0.190. The summed E-state index contributed by atoms with van der Waals surface area (Å²) in [6.45, 7) is 6.51. The van der Waals surface area contributed by atoms with Crippen LogP contribution in [0.3, 0.4) is 0 Å². The monoisotopic (exact) mass is 192 g/mol. The van der Waals surface area contributed by atoms with Crippen LogP contribution in [0.1, 0.15) is 20.8 Å². The van der Waals surface area contributed by atoms with E-state index in [1.165, 1.54) is 0 Å². The molecule has 0 aromatic heterocycles. The second-order valence-corrected chi connectivity index (χ2v) is 2.99. The van der Waals surface area contributed by atoms with Crippen molar-refractivity contribution in [3.8, 4) is 0 Å². The number of aliphatic hydroxyl groups excluding tert-OH is 1. The first-order valence-corrected chi connectivity index (χ1v) is 4.45. The minimum absolute atomic E-state index is 0.0907. The van der Waals surface area contributed by atoms with Gasteiger partial charge >= 0.3 is 0 Å². The lowest BCUT2D eigenvalue weighted by Crippen LogP contribution is -2.25. The SMILES string of the molecule is CCOCC(C)OC(=S)C(C)O. The van der Waals surface area contributed by atoms with Crippen LogP contribution in [0.2, 0.25) is 0 Å². The smallest absolute Gasteiger partial charge is 0.188 e. The molecule has 1 N–H and O–H groups in total. The topological polar surface area (TPSA) is 38.7 Å². The van der Waals surface area contributed by atoms with Gasteiger partial charge < -0.3 is 14.6 Å². The van der Waals surface area contributed by atoms with Gasteiger partial charge in [0.1, 0.15) is 12.2 Å². The van der Waals surface area contributed by atoms with Crippen molar-refractivity contribution in [3.63, 3.8) is 0 Å². The highest BCUT2D eigenvalue weighted by Crippen LogP contribution is 1.98. The summed E-state index contributed by atoms with van der Waals surface area (Å²) in [5.41, 5.74) is 0. The molecule has 0 fully saturated rings. The molecule has 0 rings (SSSR count). The van der Waals surface area contributed by atoms with Crippen LogP contribution in [0.5, 0.6) is 0 Å². The Kier molecular flexibility index (Phi) is 6.24. The quantitative estimate of drug-likeness (QED) is 0.663. The highest BCUT2D eigenvalue weighted by Gasteiger charge is 2.09. The number of aliphatic hydroxyl groups is 1. The van der Waals surface area contributed by atoms with Gasteiger partial charge in [0.05, 0.1) is 6.61 Å². The highest BCUT2D eigenvalue weighted by molar-refractivity contribution is 7.80. The molecule has 2 unspecified atom stereocenters. The molecule has 0 aliphatic carbocycles. The minimum Gasteiger partial charge on any atom is -0.479 e. The lowest BCUT2D eigenvalue weighted by molar-refractivity contribution is 0.0533. The predicted octanol–water partition coefficient (Wildman–Crippen LogP) is 1.14. The molecule has 0 amide bonds. The molecule has 0 aliphatic rings. The molecular weight excluding hydrogens is 176 g/mol. The Morgan fingerprint density at radius 3 is 2.50 bits per heavy atom. The summed E-state index contributed by atoms with van der Waals surface area (Å²) in [5.74, 6) is 0. The summed E-state index contributed by atoms with van der Waals surface area (Å²) in [6, 6.07) is 0. The van der Waals surface area contributed by atoms with E-state index in [1.807, 2.05) is 13.8 Å². The van der Waals surface area contributed by atoms with E-state index in [-0.39, 0.29) is 11.2 Å². The van der Waals surface area contributed by atoms with Gasteiger partial charge in [0, 0.05) is 6.61 Å². The van der Waals surface area contributed by atoms with Crippen LogP contribution in [-0.2, 0) is 9.47 Å². The van der Waals surface area contributed by atoms with Crippen molar-refractivity contribution in [2.45, 2.75) is 33.0 Å². The fraction of sp³-hybridized carbons (Fsp3) is 0.875. The van der Waals surface area contributed by atoms with Gasteiger partial charge in [0.2, 0.25) is 0 Å². The van der Waals surface area contributed by atoms with Gasteiger partial charge in [0.25, 0.3) is 0 Å². The molecule has 12 heavy (non-hydrogen) atoms. The Morgan fingerprint density at radius 1 is 1.50 bits per heavy atom. The number of hydrogen-bond donors (Lipinski definition) is 1. The van der Waals surface area contributed by atoms with Crippen molar-refractivity contribution in [2.24, 2.45) is 0 Å². The van der Waals surface area contributed by atoms with Gasteiger partial charge in [-0.3, -0.25) is 0 Å². The molecule has 2 atom stereocenters. The first kappa shape index (κ1) is 11.8. The van der Waals surface area contributed by atoms with Gasteiger partial charge in [-0.25, -0.2) is 0 Å². The summed E-state index contributed by atoms with van der Waals surface area (Å²) in [4.78, 5) is 0. The number of hydrogen-bond acceptors (Lipinski definition) is 4. The number of thiocarbonyl (C=S) groups is 1. The maximum atomic E-state index is 8.99. The predicted molar refractivity (Wildman–Crippen MR) is 51.3 cm³/mol. The zero-order chi connectivity index (χ0) is 9.56. The Bertz CT molecular complexity index is 136. The lowest BCUT2D eigenvalue weighted by Gasteiger charge is -2.16. The Balaban J connectivity index is 3.54. The zero-order valence-electron chi connectivity index (χ0n) is 7.74. The number of ether oxygens (including phenoxy) is 2. The largest absolute Gasteiger partial charge is 0.479 e. The fourth-order valence-electron chi connectivity index (χ4n) is 0.615. The molecule has 0 saturated heterocycles. The molecule has 4 heteroatoms. The van der Waals surface area contributed by atoms with Crippen LogP contribution in [0.25, 0.3) is 0 Å². The van der Waals surface area contributed by atoms with E-state index >= 15 is 0 Å². The molecule has 0 aromatic rings. The summed E-state index contributed by atoms with van der Waals surface area (Å²) in [7, 11) is 0. The summed E-state index contributed by atoms with van der Waals surface area (Å²) < 4.78 is 10.3. The molecule has 3 nitrogen and oxygen atoms in total. The van der Waals surface area contributed by atoms with Crippen LogP contribution in [0, 0.1) is 0 Å². The van der Waals surface area contributed by atoms with Crippen molar-refractivity contribution < 1.29 is 14.6 Å². The summed E-state index contributed by atoms with van der Waals surface area (Å²) in [5, 5.41) is 9.21. The van der Waals surface area contributed by atoms with Crippen molar-refractivity contribution in [3.05, 3.63) is 0 Å². The van der Waals surface area contributed by atoms with Gasteiger partial charge in [-0.1, -0.05) is 0 Å². The van der Waals surface area contributed by atoms with E-state index in [2.05, 4.69) is 0 Å². The molecule has 0 radical (unpaired) electrons. The van der Waals surface area contributed by atoms with Crippen molar-refractivity contribution in [1.82, 2.24) is 0 Å². The number of rotatable bonds is 5. The molecule has 0 bridgehead atoms. The average molecular weight is 192 g/mol. The van der Waals surface area contributed by atoms with Crippen molar-refractivity contribution in [2.75, 3.05) is 13.2 Å². The van der Waals surface area contributed by atoms with E-state index in [0.29, 0.717) is 13.2 Å². The van der Waals surface area contributed by atoms with Gasteiger partial charge in [0.15, 0.2) is 5.05 Å². The molecule has 0 heterocycles. The second-order valence-electron chi connectivity index (χ2n) is 2.58. The molecule has 0 saturated carbocycles. The molecule has 0 spiro atoms. The minimum atomic E-state index is -0.691. The standard InChI is InChI=1S/C8H16O3S/c1-4-10-5-6(2)11-8(12)7(3)9/h6-7,9H,4-5H2,1-3H3. The first-order chi connectivity index (χ1) is 5.57. The maximum Gasteiger partial charge on any atom is 0.188 e. The molecule has 0 aliphatic heterocycles. The van der Waals surface area contributed by atoms with Crippen LogP contribution in [0.4, 0.5) is 0 Å². The third-order valence-electron chi connectivity index (χ3n) is 1.22. The van der Waals surface area contributed by atoms with Crippen LogP contribution < -0.4 is 0 Å². The van der Waals surface area contributed by atoms with Crippen molar-refractivity contribution >= 4 is 17.3 Å².